The molecule has 2 N–H and O–H groups in total. The van der Waals surface area contributed by atoms with E-state index < -0.39 is 0 Å². The van der Waals surface area contributed by atoms with Crippen LogP contribution in [0.25, 0.3) is 11.1 Å². The minimum absolute atomic E-state index is 0.193. The summed E-state index contributed by atoms with van der Waals surface area (Å²) in [7, 11) is 1.74. The molecule has 2 fully saturated rings. The van der Waals surface area contributed by atoms with Gasteiger partial charge in [0.05, 0.1) is 15.6 Å². The molecule has 0 atom stereocenters. The summed E-state index contributed by atoms with van der Waals surface area (Å²) >= 11 is 12.4. The van der Waals surface area contributed by atoms with Crippen LogP contribution < -0.4 is 16.2 Å². The highest BCUT2D eigenvalue weighted by Gasteiger charge is 2.37. The normalized spacial score (nSPS) is 19.0. The van der Waals surface area contributed by atoms with Gasteiger partial charge in [-0.25, -0.2) is 0 Å². The number of nitrogens with zero attached hydrogens (tertiary/aromatic N) is 3. The van der Waals surface area contributed by atoms with Gasteiger partial charge in [0.2, 0.25) is 5.95 Å². The van der Waals surface area contributed by atoms with E-state index in [1.807, 2.05) is 0 Å². The van der Waals surface area contributed by atoms with Gasteiger partial charge in [0, 0.05) is 25.7 Å². The van der Waals surface area contributed by atoms with E-state index in [1.165, 1.54) is 25.7 Å². The minimum Gasteiger partial charge on any atom is -0.383 e. The van der Waals surface area contributed by atoms with Crippen molar-refractivity contribution in [2.24, 2.45) is 12.5 Å². The third-order valence-electron chi connectivity index (χ3n) is 6.29. The van der Waals surface area contributed by atoms with E-state index in [2.05, 4.69) is 9.88 Å². The summed E-state index contributed by atoms with van der Waals surface area (Å²) in [6, 6.07) is 5.18. The van der Waals surface area contributed by atoms with E-state index in [0.717, 1.165) is 25.9 Å². The van der Waals surface area contributed by atoms with Crippen molar-refractivity contribution in [2.45, 2.75) is 38.5 Å². The largest absolute Gasteiger partial charge is 0.383 e. The highest BCUT2D eigenvalue weighted by Crippen LogP contribution is 2.46. The second-order valence-corrected chi connectivity index (χ2v) is 8.62. The molecule has 1 spiro atoms. The number of hydrogen-bond acceptors (Lipinski definition) is 4. The zero-order valence-electron chi connectivity index (χ0n) is 15.5. The highest BCUT2D eigenvalue weighted by atomic mass is 35.5. The van der Waals surface area contributed by atoms with Gasteiger partial charge in [0.1, 0.15) is 5.82 Å². The molecule has 2 aliphatic rings. The monoisotopic (exact) mass is 406 g/mol. The van der Waals surface area contributed by atoms with Gasteiger partial charge in [-0.2, -0.15) is 4.98 Å². The van der Waals surface area contributed by atoms with Crippen molar-refractivity contribution in [2.75, 3.05) is 23.7 Å². The summed E-state index contributed by atoms with van der Waals surface area (Å²) in [5.74, 6) is 0.825. The highest BCUT2D eigenvalue weighted by molar-refractivity contribution is 6.43. The van der Waals surface area contributed by atoms with Gasteiger partial charge in [0.15, 0.2) is 0 Å². The second kappa shape index (κ2) is 7.02. The lowest BCUT2D eigenvalue weighted by atomic mass is 9.77. The predicted molar refractivity (Wildman–Crippen MR) is 112 cm³/mol. The second-order valence-electron chi connectivity index (χ2n) is 7.83. The van der Waals surface area contributed by atoms with Gasteiger partial charge in [-0.05, 0) is 37.2 Å². The summed E-state index contributed by atoms with van der Waals surface area (Å²) in [6.07, 6.45) is 7.68. The van der Waals surface area contributed by atoms with Crippen LogP contribution in [0.4, 0.5) is 11.8 Å². The zero-order chi connectivity index (χ0) is 19.2. The van der Waals surface area contributed by atoms with E-state index in [-0.39, 0.29) is 11.4 Å². The van der Waals surface area contributed by atoms with E-state index in [4.69, 9.17) is 28.9 Å². The summed E-state index contributed by atoms with van der Waals surface area (Å²) in [6.45, 7) is 1.83. The molecule has 1 aliphatic carbocycles. The standard InChI is InChI=1S/C20H24Cl2N4O/c1-25-18(27)15(13-5-4-6-14(21)16(13)22)17(23)24-19(25)26-11-9-20(10-12-26)7-2-3-8-20/h4-6H,2-3,7-12,23H2,1H3. The van der Waals surface area contributed by atoms with Crippen LogP contribution in [0.15, 0.2) is 23.0 Å². The molecule has 1 saturated heterocycles. The molecule has 5 nitrogen and oxygen atoms in total. The first kappa shape index (κ1) is 18.6. The maximum absolute atomic E-state index is 13.1. The molecular weight excluding hydrogens is 383 g/mol. The fraction of sp³-hybridized carbons (Fsp3) is 0.500. The first-order valence-electron chi connectivity index (χ1n) is 9.48. The minimum atomic E-state index is -0.206. The average molecular weight is 407 g/mol. The van der Waals surface area contributed by atoms with Crippen LogP contribution in [0.3, 0.4) is 0 Å². The molecule has 2 aromatic rings. The topological polar surface area (TPSA) is 64.2 Å². The van der Waals surface area contributed by atoms with Crippen LogP contribution in [0.5, 0.6) is 0 Å². The first-order valence-corrected chi connectivity index (χ1v) is 10.2. The summed E-state index contributed by atoms with van der Waals surface area (Å²) in [4.78, 5) is 19.9. The van der Waals surface area contributed by atoms with Crippen LogP contribution in [-0.2, 0) is 7.05 Å². The van der Waals surface area contributed by atoms with Crippen molar-refractivity contribution < 1.29 is 0 Å². The van der Waals surface area contributed by atoms with E-state index >= 15 is 0 Å². The molecule has 1 aromatic carbocycles. The van der Waals surface area contributed by atoms with Gasteiger partial charge in [-0.3, -0.25) is 9.36 Å². The molecule has 7 heteroatoms. The van der Waals surface area contributed by atoms with E-state index in [0.29, 0.717) is 32.5 Å². The Morgan fingerprint density at radius 1 is 1.11 bits per heavy atom. The number of piperidine rings is 1. The molecule has 2 heterocycles. The maximum Gasteiger partial charge on any atom is 0.264 e. The van der Waals surface area contributed by atoms with E-state index in [1.54, 1.807) is 29.8 Å². The molecule has 0 unspecified atom stereocenters. The Kier molecular flexibility index (Phi) is 4.85. The lowest BCUT2D eigenvalue weighted by molar-refractivity contribution is 0.225. The van der Waals surface area contributed by atoms with Gasteiger partial charge in [-0.1, -0.05) is 48.2 Å². The van der Waals surface area contributed by atoms with Gasteiger partial charge < -0.3 is 10.6 Å². The first-order chi connectivity index (χ1) is 12.9. The van der Waals surface area contributed by atoms with Crippen LogP contribution in [0.2, 0.25) is 10.0 Å². The molecular formula is C20H24Cl2N4O. The van der Waals surface area contributed by atoms with Crippen LogP contribution in [-0.4, -0.2) is 22.6 Å². The SMILES string of the molecule is Cn1c(N2CCC3(CCCC3)CC2)nc(N)c(-c2cccc(Cl)c2Cl)c1=O. The van der Waals surface area contributed by atoms with Gasteiger partial charge in [0.25, 0.3) is 5.56 Å². The van der Waals surface area contributed by atoms with Crippen molar-refractivity contribution in [3.8, 4) is 11.1 Å². The third-order valence-corrected chi connectivity index (χ3v) is 7.11. The van der Waals surface area contributed by atoms with Crippen molar-refractivity contribution in [3.05, 3.63) is 38.6 Å². The van der Waals surface area contributed by atoms with Crippen molar-refractivity contribution in [1.82, 2.24) is 9.55 Å². The Labute approximate surface area is 169 Å². The molecule has 1 aliphatic heterocycles. The van der Waals surface area contributed by atoms with Crippen molar-refractivity contribution >= 4 is 35.0 Å². The van der Waals surface area contributed by atoms with Gasteiger partial charge in [-0.15, -0.1) is 0 Å². The fourth-order valence-electron chi connectivity index (χ4n) is 4.65. The van der Waals surface area contributed by atoms with Gasteiger partial charge >= 0.3 is 0 Å². The molecule has 0 radical (unpaired) electrons. The summed E-state index contributed by atoms with van der Waals surface area (Å²) < 4.78 is 1.58. The third kappa shape index (κ3) is 3.21. The predicted octanol–water partition coefficient (Wildman–Crippen LogP) is 4.50. The number of hydrogen-bond donors (Lipinski definition) is 1. The van der Waals surface area contributed by atoms with Crippen molar-refractivity contribution in [3.63, 3.8) is 0 Å². The quantitative estimate of drug-likeness (QED) is 0.797. The number of benzene rings is 1. The molecule has 27 heavy (non-hydrogen) atoms. The summed E-state index contributed by atoms with van der Waals surface area (Å²) in [5, 5.41) is 0.705. The van der Waals surface area contributed by atoms with E-state index in [9.17, 15) is 4.79 Å². The maximum atomic E-state index is 13.1. The molecule has 0 bridgehead atoms. The van der Waals surface area contributed by atoms with Crippen molar-refractivity contribution in [1.29, 1.82) is 0 Å². The lowest BCUT2D eigenvalue weighted by Gasteiger charge is -2.40. The Bertz CT molecular complexity index is 924. The fourth-order valence-corrected chi connectivity index (χ4v) is 5.04. The smallest absolute Gasteiger partial charge is 0.264 e. The molecule has 144 valence electrons. The number of anilines is 2. The van der Waals surface area contributed by atoms with Crippen LogP contribution >= 0.6 is 23.2 Å². The molecule has 1 aromatic heterocycles. The molecule has 0 amide bonds. The zero-order valence-corrected chi connectivity index (χ0v) is 17.0. The van der Waals surface area contributed by atoms with Crippen LogP contribution in [0.1, 0.15) is 38.5 Å². The Morgan fingerprint density at radius 2 is 1.78 bits per heavy atom. The Morgan fingerprint density at radius 3 is 2.44 bits per heavy atom. The molecule has 1 saturated carbocycles. The number of nitrogen functional groups attached to an aromatic ring is 1. The number of nitrogens with two attached hydrogens (primary N) is 1. The summed E-state index contributed by atoms with van der Waals surface area (Å²) in [5.41, 5.74) is 7.34. The molecule has 4 rings (SSSR count). The Hall–Kier alpha value is -1.72. The number of aromatic nitrogens is 2. The number of rotatable bonds is 2. The number of halogens is 2. The average Bonchev–Trinajstić information content (AvgIpc) is 3.11. The van der Waals surface area contributed by atoms with Crippen LogP contribution in [0, 0.1) is 5.41 Å². The Balaban J connectivity index is 1.69. The lowest BCUT2D eigenvalue weighted by Crippen LogP contribution is -2.42.